The molecule has 0 saturated carbocycles. The Morgan fingerprint density at radius 2 is 2.15 bits per heavy atom. The van der Waals surface area contributed by atoms with Gasteiger partial charge in [0.05, 0.1) is 11.9 Å². The van der Waals surface area contributed by atoms with Crippen molar-refractivity contribution in [1.82, 2.24) is 4.98 Å². The number of benzene rings is 1. The molecule has 0 atom stereocenters. The number of anilines is 2. The molecule has 0 bridgehead atoms. The molecule has 0 aliphatic carbocycles. The Morgan fingerprint density at radius 3 is 2.80 bits per heavy atom. The van der Waals surface area contributed by atoms with Gasteiger partial charge in [-0.2, -0.15) is 0 Å². The number of carbonyl (C=O) groups is 1. The molecule has 0 saturated heterocycles. The summed E-state index contributed by atoms with van der Waals surface area (Å²) in [4.78, 5) is 16.8. The maximum absolute atomic E-state index is 13.6. The number of nitrogens with zero attached hydrogens (tertiary/aromatic N) is 2. The number of aromatic carboxylic acids is 1. The summed E-state index contributed by atoms with van der Waals surface area (Å²) in [5, 5.41) is 9.16. The van der Waals surface area contributed by atoms with Crippen molar-refractivity contribution >= 4 is 17.5 Å². The standard InChI is InChI=1S/C14H14FN3O2/c1-18(8-9-4-2-3-5-12(9)15)13-11(14(19)20)6-10(16)7-17-13/h2-7H,8,16H2,1H3,(H,19,20). The Balaban J connectivity index is 2.32. The van der Waals surface area contributed by atoms with E-state index in [1.165, 1.54) is 18.3 Å². The highest BCUT2D eigenvalue weighted by atomic mass is 19.1. The van der Waals surface area contributed by atoms with E-state index >= 15 is 0 Å². The molecule has 0 aliphatic heterocycles. The summed E-state index contributed by atoms with van der Waals surface area (Å²) < 4.78 is 13.6. The first-order valence-corrected chi connectivity index (χ1v) is 5.92. The lowest BCUT2D eigenvalue weighted by molar-refractivity contribution is 0.0697. The van der Waals surface area contributed by atoms with Gasteiger partial charge in [-0.3, -0.25) is 0 Å². The SMILES string of the molecule is CN(Cc1ccccc1F)c1ncc(N)cc1C(=O)O. The Labute approximate surface area is 115 Å². The van der Waals surface area contributed by atoms with Gasteiger partial charge in [0, 0.05) is 19.2 Å². The number of aromatic nitrogens is 1. The lowest BCUT2D eigenvalue weighted by Crippen LogP contribution is -2.21. The second kappa shape index (κ2) is 5.56. The van der Waals surface area contributed by atoms with Crippen LogP contribution in [0, 0.1) is 5.82 Å². The maximum Gasteiger partial charge on any atom is 0.339 e. The number of hydrogen-bond donors (Lipinski definition) is 2. The van der Waals surface area contributed by atoms with Gasteiger partial charge >= 0.3 is 5.97 Å². The highest BCUT2D eigenvalue weighted by Crippen LogP contribution is 2.21. The van der Waals surface area contributed by atoms with Crippen LogP contribution in [0.5, 0.6) is 0 Å². The normalized spacial score (nSPS) is 10.3. The molecule has 0 unspecified atom stereocenters. The first-order chi connectivity index (χ1) is 9.49. The molecular weight excluding hydrogens is 261 g/mol. The van der Waals surface area contributed by atoms with Gasteiger partial charge in [-0.25, -0.2) is 14.2 Å². The van der Waals surface area contributed by atoms with Crippen LogP contribution in [0.15, 0.2) is 36.5 Å². The van der Waals surface area contributed by atoms with E-state index in [0.29, 0.717) is 5.56 Å². The van der Waals surface area contributed by atoms with E-state index < -0.39 is 5.97 Å². The number of hydrogen-bond acceptors (Lipinski definition) is 4. The molecule has 1 aromatic carbocycles. The molecule has 0 aliphatic rings. The molecule has 0 spiro atoms. The molecule has 0 fully saturated rings. The van der Waals surface area contributed by atoms with E-state index in [-0.39, 0.29) is 29.4 Å². The first kappa shape index (κ1) is 13.8. The number of carboxylic acids is 1. The van der Waals surface area contributed by atoms with E-state index in [9.17, 15) is 9.18 Å². The van der Waals surface area contributed by atoms with Gasteiger partial charge in [0.1, 0.15) is 17.2 Å². The molecule has 0 radical (unpaired) electrons. The molecule has 1 aromatic heterocycles. The van der Waals surface area contributed by atoms with Crippen molar-refractivity contribution < 1.29 is 14.3 Å². The molecule has 5 nitrogen and oxygen atoms in total. The second-order valence-corrected chi connectivity index (χ2v) is 4.39. The van der Waals surface area contributed by atoms with Gasteiger partial charge < -0.3 is 15.7 Å². The molecule has 3 N–H and O–H groups in total. The predicted octanol–water partition coefficient (Wildman–Crippen LogP) is 2.14. The fraction of sp³-hybridized carbons (Fsp3) is 0.143. The monoisotopic (exact) mass is 275 g/mol. The quantitative estimate of drug-likeness (QED) is 0.893. The third kappa shape index (κ3) is 2.85. The van der Waals surface area contributed by atoms with Crippen LogP contribution in [0.3, 0.4) is 0 Å². The van der Waals surface area contributed by atoms with Gasteiger partial charge in [0.15, 0.2) is 0 Å². The topological polar surface area (TPSA) is 79.5 Å². The molecular formula is C14H14FN3O2. The summed E-state index contributed by atoms with van der Waals surface area (Å²) in [6.45, 7) is 0.212. The Bertz CT molecular complexity index is 646. The Morgan fingerprint density at radius 1 is 1.45 bits per heavy atom. The summed E-state index contributed by atoms with van der Waals surface area (Å²) in [7, 11) is 1.65. The van der Waals surface area contributed by atoms with Crippen molar-refractivity contribution in [1.29, 1.82) is 0 Å². The lowest BCUT2D eigenvalue weighted by atomic mass is 10.2. The molecule has 2 aromatic rings. The van der Waals surface area contributed by atoms with Crippen molar-refractivity contribution in [2.75, 3.05) is 17.7 Å². The highest BCUT2D eigenvalue weighted by Gasteiger charge is 2.16. The van der Waals surface area contributed by atoms with Crippen molar-refractivity contribution in [2.24, 2.45) is 0 Å². The van der Waals surface area contributed by atoms with Gasteiger partial charge in [-0.05, 0) is 12.1 Å². The number of halogens is 1. The van der Waals surface area contributed by atoms with E-state index in [0.717, 1.165) is 0 Å². The van der Waals surface area contributed by atoms with Gasteiger partial charge in [0.2, 0.25) is 0 Å². The summed E-state index contributed by atoms with van der Waals surface area (Å²) >= 11 is 0. The summed E-state index contributed by atoms with van der Waals surface area (Å²) in [5.74, 6) is -1.22. The second-order valence-electron chi connectivity index (χ2n) is 4.39. The van der Waals surface area contributed by atoms with E-state index in [1.807, 2.05) is 0 Å². The average Bonchev–Trinajstić information content (AvgIpc) is 2.41. The first-order valence-electron chi connectivity index (χ1n) is 5.92. The summed E-state index contributed by atoms with van der Waals surface area (Å²) in [5.41, 5.74) is 6.26. The van der Waals surface area contributed by atoms with E-state index in [2.05, 4.69) is 4.98 Å². The van der Waals surface area contributed by atoms with Crippen LogP contribution in [0.4, 0.5) is 15.9 Å². The van der Waals surface area contributed by atoms with Crippen LogP contribution in [-0.4, -0.2) is 23.1 Å². The smallest absolute Gasteiger partial charge is 0.339 e. The zero-order valence-corrected chi connectivity index (χ0v) is 10.9. The fourth-order valence-electron chi connectivity index (χ4n) is 1.89. The van der Waals surface area contributed by atoms with Crippen molar-refractivity contribution in [3.05, 3.63) is 53.5 Å². The molecule has 2 rings (SSSR count). The minimum absolute atomic E-state index is 0.0103. The lowest BCUT2D eigenvalue weighted by Gasteiger charge is -2.20. The molecule has 6 heteroatoms. The molecule has 20 heavy (non-hydrogen) atoms. The van der Waals surface area contributed by atoms with Crippen LogP contribution in [0.1, 0.15) is 15.9 Å². The van der Waals surface area contributed by atoms with E-state index in [1.54, 1.807) is 30.1 Å². The van der Waals surface area contributed by atoms with Gasteiger partial charge in [0.25, 0.3) is 0 Å². The maximum atomic E-state index is 13.6. The fourth-order valence-corrected chi connectivity index (χ4v) is 1.89. The third-order valence-electron chi connectivity index (χ3n) is 2.85. The minimum atomic E-state index is -1.12. The average molecular weight is 275 g/mol. The number of nitrogen functional groups attached to an aromatic ring is 1. The van der Waals surface area contributed by atoms with Crippen LogP contribution in [0.25, 0.3) is 0 Å². The molecule has 0 amide bonds. The molecule has 1 heterocycles. The summed E-state index contributed by atoms with van der Waals surface area (Å²) in [6, 6.07) is 7.66. The van der Waals surface area contributed by atoms with Crippen LogP contribution in [0.2, 0.25) is 0 Å². The highest BCUT2D eigenvalue weighted by molar-refractivity contribution is 5.94. The number of pyridine rings is 1. The Kier molecular flexibility index (Phi) is 3.84. The van der Waals surface area contributed by atoms with Crippen molar-refractivity contribution in [3.8, 4) is 0 Å². The third-order valence-corrected chi connectivity index (χ3v) is 2.85. The van der Waals surface area contributed by atoms with Crippen LogP contribution in [-0.2, 0) is 6.54 Å². The number of nitrogens with two attached hydrogens (primary N) is 1. The largest absolute Gasteiger partial charge is 0.478 e. The number of rotatable bonds is 4. The van der Waals surface area contributed by atoms with Gasteiger partial charge in [-0.15, -0.1) is 0 Å². The summed E-state index contributed by atoms with van der Waals surface area (Å²) in [6.07, 6.45) is 1.37. The van der Waals surface area contributed by atoms with E-state index in [4.69, 9.17) is 10.8 Å². The Hall–Kier alpha value is -2.63. The predicted molar refractivity (Wildman–Crippen MR) is 74.1 cm³/mol. The van der Waals surface area contributed by atoms with Crippen molar-refractivity contribution in [2.45, 2.75) is 6.54 Å². The van der Waals surface area contributed by atoms with Crippen LogP contribution < -0.4 is 10.6 Å². The zero-order chi connectivity index (χ0) is 14.7. The number of carboxylic acid groups (broad SMARTS) is 1. The van der Waals surface area contributed by atoms with Crippen molar-refractivity contribution in [3.63, 3.8) is 0 Å². The minimum Gasteiger partial charge on any atom is -0.478 e. The molecule has 104 valence electrons. The van der Waals surface area contributed by atoms with Gasteiger partial charge in [-0.1, -0.05) is 18.2 Å². The zero-order valence-electron chi connectivity index (χ0n) is 10.9. The van der Waals surface area contributed by atoms with Crippen LogP contribution >= 0.6 is 0 Å².